The molecule has 132 valence electrons. The summed E-state index contributed by atoms with van der Waals surface area (Å²) in [6.45, 7) is 0. The molecule has 3 heteroatoms. The van der Waals surface area contributed by atoms with E-state index in [0.717, 1.165) is 42.1 Å². The zero-order valence-electron chi connectivity index (χ0n) is 14.4. The first-order chi connectivity index (χ1) is 13.2. The Kier molecular flexibility index (Phi) is 5.54. The van der Waals surface area contributed by atoms with Crippen molar-refractivity contribution in [3.63, 3.8) is 0 Å². The van der Waals surface area contributed by atoms with Crippen LogP contribution in [-0.4, -0.2) is 0 Å². The van der Waals surface area contributed by atoms with Crippen molar-refractivity contribution in [2.24, 2.45) is 0 Å². The topological polar surface area (TPSA) is 0 Å². The van der Waals surface area contributed by atoms with E-state index in [1.54, 1.807) is 11.8 Å². The molecule has 0 spiro atoms. The van der Waals surface area contributed by atoms with Gasteiger partial charge in [-0.2, -0.15) is 0 Å². The molecule has 4 rings (SSSR count). The largest absolute Gasteiger partial charge is 0.0887 e. The van der Waals surface area contributed by atoms with Crippen molar-refractivity contribution in [3.05, 3.63) is 107 Å². The van der Waals surface area contributed by atoms with Crippen LogP contribution in [0.25, 0.3) is 22.3 Å². The molecular formula is C24H16Cl2S. The maximum atomic E-state index is 6.58. The Morgan fingerprint density at radius 3 is 1.26 bits per heavy atom. The molecule has 0 aliphatic rings. The molecule has 0 saturated carbocycles. The summed E-state index contributed by atoms with van der Waals surface area (Å²) < 4.78 is 0. The Morgan fingerprint density at radius 2 is 0.852 bits per heavy atom. The zero-order chi connectivity index (χ0) is 18.6. The van der Waals surface area contributed by atoms with Crippen LogP contribution in [-0.2, 0) is 0 Å². The Balaban J connectivity index is 1.84. The summed E-state index contributed by atoms with van der Waals surface area (Å²) in [6.07, 6.45) is 0. The summed E-state index contributed by atoms with van der Waals surface area (Å²) in [5.74, 6) is 0. The van der Waals surface area contributed by atoms with Crippen LogP contribution in [0.5, 0.6) is 0 Å². The van der Waals surface area contributed by atoms with E-state index < -0.39 is 0 Å². The van der Waals surface area contributed by atoms with Crippen molar-refractivity contribution in [1.82, 2.24) is 0 Å². The smallest absolute Gasteiger partial charge is 0.0495 e. The maximum Gasteiger partial charge on any atom is 0.0495 e. The van der Waals surface area contributed by atoms with Crippen LogP contribution in [0.15, 0.2) is 107 Å². The van der Waals surface area contributed by atoms with E-state index in [4.69, 9.17) is 23.2 Å². The lowest BCUT2D eigenvalue weighted by molar-refractivity contribution is 1.39. The maximum absolute atomic E-state index is 6.58. The fraction of sp³-hybridized carbons (Fsp3) is 0. The average Bonchev–Trinajstić information content (AvgIpc) is 2.70. The highest BCUT2D eigenvalue weighted by atomic mass is 35.5. The first-order valence-electron chi connectivity index (χ1n) is 8.60. The van der Waals surface area contributed by atoms with Crippen LogP contribution < -0.4 is 0 Å². The Labute approximate surface area is 173 Å². The van der Waals surface area contributed by atoms with Crippen LogP contribution in [0.2, 0.25) is 10.0 Å². The number of halogens is 2. The number of benzene rings is 4. The van der Waals surface area contributed by atoms with Crippen LogP contribution in [0.1, 0.15) is 0 Å². The van der Waals surface area contributed by atoms with Gasteiger partial charge in [0, 0.05) is 31.0 Å². The van der Waals surface area contributed by atoms with Crippen molar-refractivity contribution in [2.45, 2.75) is 9.79 Å². The molecule has 0 amide bonds. The minimum atomic E-state index is 0.745. The predicted octanol–water partition coefficient (Wildman–Crippen LogP) is 8.48. The molecule has 0 nitrogen and oxygen atoms in total. The summed E-state index contributed by atoms with van der Waals surface area (Å²) in [4.78, 5) is 2.21. The van der Waals surface area contributed by atoms with E-state index in [1.165, 1.54) is 0 Å². The van der Waals surface area contributed by atoms with Gasteiger partial charge in [0.25, 0.3) is 0 Å². The molecule has 0 heterocycles. The normalized spacial score (nSPS) is 10.7. The monoisotopic (exact) mass is 406 g/mol. The molecule has 4 aromatic rings. The highest BCUT2D eigenvalue weighted by molar-refractivity contribution is 7.99. The summed E-state index contributed by atoms with van der Waals surface area (Å²) in [5, 5.41) is 1.49. The summed E-state index contributed by atoms with van der Waals surface area (Å²) in [7, 11) is 0. The highest BCUT2D eigenvalue weighted by Crippen LogP contribution is 2.44. The van der Waals surface area contributed by atoms with Crippen molar-refractivity contribution < 1.29 is 0 Å². The van der Waals surface area contributed by atoms with Crippen molar-refractivity contribution >= 4 is 35.0 Å². The number of hydrogen-bond acceptors (Lipinski definition) is 1. The molecule has 0 aliphatic carbocycles. The van der Waals surface area contributed by atoms with Gasteiger partial charge in [0.15, 0.2) is 0 Å². The van der Waals surface area contributed by atoms with Gasteiger partial charge in [-0.15, -0.1) is 0 Å². The second-order valence-electron chi connectivity index (χ2n) is 6.06. The Bertz CT molecular complexity index is 973. The summed E-state index contributed by atoms with van der Waals surface area (Å²) in [5.41, 5.74) is 4.30. The second kappa shape index (κ2) is 8.22. The molecule has 0 aliphatic heterocycles. The predicted molar refractivity (Wildman–Crippen MR) is 118 cm³/mol. The van der Waals surface area contributed by atoms with Crippen LogP contribution >= 0.6 is 35.0 Å². The molecule has 0 saturated heterocycles. The SMILES string of the molecule is Clc1cccc(Sc2cccc(Cl)c2-c2ccccc2)c1-c1ccccc1. The number of hydrogen-bond donors (Lipinski definition) is 0. The van der Waals surface area contributed by atoms with E-state index in [9.17, 15) is 0 Å². The molecule has 0 fully saturated rings. The van der Waals surface area contributed by atoms with Crippen molar-refractivity contribution in [1.29, 1.82) is 0 Å². The van der Waals surface area contributed by atoms with Crippen LogP contribution in [0.3, 0.4) is 0 Å². The van der Waals surface area contributed by atoms with E-state index in [1.807, 2.05) is 60.7 Å². The molecule has 0 radical (unpaired) electrons. The molecular weight excluding hydrogens is 391 g/mol. The molecule has 0 atom stereocenters. The Morgan fingerprint density at radius 1 is 0.444 bits per heavy atom. The van der Waals surface area contributed by atoms with Gasteiger partial charge in [0.05, 0.1) is 0 Å². The van der Waals surface area contributed by atoms with E-state index in [-0.39, 0.29) is 0 Å². The van der Waals surface area contributed by atoms with Crippen molar-refractivity contribution in [2.75, 3.05) is 0 Å². The summed E-state index contributed by atoms with van der Waals surface area (Å²) >= 11 is 14.8. The standard InChI is InChI=1S/C24H16Cl2S/c25-19-13-7-15-21(23(19)17-9-3-1-4-10-17)27-22-16-8-14-20(26)24(22)18-11-5-2-6-12-18/h1-16H. The van der Waals surface area contributed by atoms with E-state index >= 15 is 0 Å². The second-order valence-corrected chi connectivity index (χ2v) is 7.96. The van der Waals surface area contributed by atoms with Gasteiger partial charge in [-0.05, 0) is 35.4 Å². The molecule has 27 heavy (non-hydrogen) atoms. The van der Waals surface area contributed by atoms with Gasteiger partial charge in [0.2, 0.25) is 0 Å². The first kappa shape index (κ1) is 18.2. The lowest BCUT2D eigenvalue weighted by Crippen LogP contribution is -1.87. The molecule has 0 N–H and O–H groups in total. The molecule has 0 aromatic heterocycles. The molecule has 0 unspecified atom stereocenters. The fourth-order valence-corrected chi connectivity index (χ4v) is 4.94. The van der Waals surface area contributed by atoms with Crippen LogP contribution in [0.4, 0.5) is 0 Å². The van der Waals surface area contributed by atoms with Gasteiger partial charge >= 0.3 is 0 Å². The molecule has 4 aromatic carbocycles. The minimum Gasteiger partial charge on any atom is -0.0887 e. The third-order valence-electron chi connectivity index (χ3n) is 4.30. The minimum absolute atomic E-state index is 0.745. The van der Waals surface area contributed by atoms with Gasteiger partial charge in [0.1, 0.15) is 0 Å². The van der Waals surface area contributed by atoms with Gasteiger partial charge in [-0.25, -0.2) is 0 Å². The lowest BCUT2D eigenvalue weighted by Gasteiger charge is -2.15. The quantitative estimate of drug-likeness (QED) is 0.327. The van der Waals surface area contributed by atoms with E-state index in [2.05, 4.69) is 36.4 Å². The summed E-state index contributed by atoms with van der Waals surface area (Å²) in [6, 6.07) is 32.5. The zero-order valence-corrected chi connectivity index (χ0v) is 16.7. The van der Waals surface area contributed by atoms with Gasteiger partial charge in [-0.3, -0.25) is 0 Å². The van der Waals surface area contributed by atoms with Crippen LogP contribution in [0, 0.1) is 0 Å². The van der Waals surface area contributed by atoms with Gasteiger partial charge < -0.3 is 0 Å². The third kappa shape index (κ3) is 3.91. The average molecular weight is 407 g/mol. The lowest BCUT2D eigenvalue weighted by atomic mass is 10.1. The molecule has 0 bridgehead atoms. The fourth-order valence-electron chi connectivity index (χ4n) is 3.07. The van der Waals surface area contributed by atoms with Crippen molar-refractivity contribution in [3.8, 4) is 22.3 Å². The highest BCUT2D eigenvalue weighted by Gasteiger charge is 2.15. The first-order valence-corrected chi connectivity index (χ1v) is 10.2. The third-order valence-corrected chi connectivity index (χ3v) is 6.05. The van der Waals surface area contributed by atoms with E-state index in [0.29, 0.717) is 0 Å². The Hall–Kier alpha value is -2.19. The number of rotatable bonds is 4. The van der Waals surface area contributed by atoms with Gasteiger partial charge in [-0.1, -0.05) is 108 Å².